The summed E-state index contributed by atoms with van der Waals surface area (Å²) in [6.07, 6.45) is 1.95. The summed E-state index contributed by atoms with van der Waals surface area (Å²) in [6, 6.07) is 12.6. The number of aromatic amines is 1. The molecule has 0 saturated carbocycles. The lowest BCUT2D eigenvalue weighted by atomic mass is 10.0. The highest BCUT2D eigenvalue weighted by Gasteiger charge is 2.26. The monoisotopic (exact) mass is 308 g/mol. The first-order chi connectivity index (χ1) is 11.1. The van der Waals surface area contributed by atoms with Gasteiger partial charge in [0, 0.05) is 23.1 Å². The van der Waals surface area contributed by atoms with Gasteiger partial charge in [-0.1, -0.05) is 18.2 Å². The fourth-order valence-corrected chi connectivity index (χ4v) is 3.40. The second-order valence-electron chi connectivity index (χ2n) is 6.00. The summed E-state index contributed by atoms with van der Waals surface area (Å²) >= 11 is 0. The molecule has 3 nitrogen and oxygen atoms in total. The average Bonchev–Trinajstić information content (AvgIpc) is 2.90. The van der Waals surface area contributed by atoms with Crippen LogP contribution in [0.15, 0.2) is 42.5 Å². The average molecular weight is 308 g/mol. The lowest BCUT2D eigenvalue weighted by Crippen LogP contribution is -2.36. The van der Waals surface area contributed by atoms with Crippen molar-refractivity contribution >= 4 is 22.5 Å². The van der Waals surface area contributed by atoms with Gasteiger partial charge in [-0.3, -0.25) is 4.79 Å². The summed E-state index contributed by atoms with van der Waals surface area (Å²) in [6.45, 7) is 2.61. The second kappa shape index (κ2) is 5.23. The molecule has 23 heavy (non-hydrogen) atoms. The quantitative estimate of drug-likeness (QED) is 0.718. The number of fused-ring (bicyclic) bond motifs is 2. The molecule has 0 unspecified atom stereocenters. The highest BCUT2D eigenvalue weighted by atomic mass is 19.1. The number of carbonyl (C=O) groups excluding carboxylic acids is 1. The van der Waals surface area contributed by atoms with E-state index in [0.717, 1.165) is 29.5 Å². The number of hydrogen-bond acceptors (Lipinski definition) is 1. The lowest BCUT2D eigenvalue weighted by Gasteiger charge is -2.29. The van der Waals surface area contributed by atoms with Gasteiger partial charge in [-0.2, -0.15) is 0 Å². The molecule has 2 heterocycles. The zero-order chi connectivity index (χ0) is 16.0. The SMILES string of the molecule is Cc1c(C(=O)N2CCCc3ccccc32)[nH]c2cc(F)ccc12. The minimum Gasteiger partial charge on any atom is -0.350 e. The Morgan fingerprint density at radius 3 is 2.91 bits per heavy atom. The van der Waals surface area contributed by atoms with Crippen LogP contribution in [0.4, 0.5) is 10.1 Å². The Morgan fingerprint density at radius 2 is 2.04 bits per heavy atom. The number of nitrogens with zero attached hydrogens (tertiary/aromatic N) is 1. The first kappa shape index (κ1) is 14.0. The third-order valence-corrected chi connectivity index (χ3v) is 4.59. The smallest absolute Gasteiger partial charge is 0.274 e. The van der Waals surface area contributed by atoms with Crippen molar-refractivity contribution in [2.24, 2.45) is 0 Å². The van der Waals surface area contributed by atoms with E-state index in [2.05, 4.69) is 11.1 Å². The van der Waals surface area contributed by atoms with Crippen LogP contribution >= 0.6 is 0 Å². The molecule has 0 saturated heterocycles. The molecule has 1 N–H and O–H groups in total. The van der Waals surface area contributed by atoms with Crippen molar-refractivity contribution in [3.63, 3.8) is 0 Å². The third kappa shape index (κ3) is 2.22. The van der Waals surface area contributed by atoms with Crippen LogP contribution in [0.5, 0.6) is 0 Å². The van der Waals surface area contributed by atoms with Crippen molar-refractivity contribution in [1.29, 1.82) is 0 Å². The molecule has 0 fully saturated rings. The van der Waals surface area contributed by atoms with E-state index in [-0.39, 0.29) is 11.7 Å². The Balaban J connectivity index is 1.80. The predicted molar refractivity (Wildman–Crippen MR) is 89.4 cm³/mol. The predicted octanol–water partition coefficient (Wildman–Crippen LogP) is 4.21. The van der Waals surface area contributed by atoms with Gasteiger partial charge in [0.15, 0.2) is 0 Å². The van der Waals surface area contributed by atoms with Crippen LogP contribution in [0, 0.1) is 12.7 Å². The summed E-state index contributed by atoms with van der Waals surface area (Å²) in [5, 5.41) is 0.889. The fraction of sp³-hybridized carbons (Fsp3) is 0.211. The molecular weight excluding hydrogens is 291 g/mol. The third-order valence-electron chi connectivity index (χ3n) is 4.59. The van der Waals surface area contributed by atoms with Crippen LogP contribution in [-0.4, -0.2) is 17.4 Å². The number of nitrogens with one attached hydrogen (secondary N) is 1. The summed E-state index contributed by atoms with van der Waals surface area (Å²) in [5.74, 6) is -0.354. The first-order valence-corrected chi connectivity index (χ1v) is 7.83. The number of anilines is 1. The van der Waals surface area contributed by atoms with Crippen molar-refractivity contribution in [3.05, 3.63) is 65.1 Å². The number of benzene rings is 2. The van der Waals surface area contributed by atoms with Crippen LogP contribution < -0.4 is 4.90 Å². The van der Waals surface area contributed by atoms with Crippen molar-refractivity contribution in [2.45, 2.75) is 19.8 Å². The number of para-hydroxylation sites is 1. The number of aromatic nitrogens is 1. The summed E-state index contributed by atoms with van der Waals surface area (Å²) in [7, 11) is 0. The van der Waals surface area contributed by atoms with Crippen molar-refractivity contribution in [3.8, 4) is 0 Å². The zero-order valence-corrected chi connectivity index (χ0v) is 12.9. The van der Waals surface area contributed by atoms with Gasteiger partial charge >= 0.3 is 0 Å². The topological polar surface area (TPSA) is 36.1 Å². The lowest BCUT2D eigenvalue weighted by molar-refractivity contribution is 0.0980. The molecule has 0 aliphatic carbocycles. The Bertz CT molecular complexity index is 913. The molecule has 4 rings (SSSR count). The van der Waals surface area contributed by atoms with Crippen LogP contribution in [0.1, 0.15) is 28.0 Å². The Labute approximate surface area is 133 Å². The van der Waals surface area contributed by atoms with Gasteiger partial charge in [0.25, 0.3) is 5.91 Å². The Morgan fingerprint density at radius 1 is 1.22 bits per heavy atom. The number of H-pyrrole nitrogens is 1. The molecule has 1 aromatic heterocycles. The van der Waals surface area contributed by atoms with E-state index in [0.29, 0.717) is 17.8 Å². The van der Waals surface area contributed by atoms with Crippen LogP contribution in [0.3, 0.4) is 0 Å². The normalized spacial score (nSPS) is 14.1. The summed E-state index contributed by atoms with van der Waals surface area (Å²) < 4.78 is 13.4. The molecular formula is C19H17FN2O. The number of aryl methyl sites for hydroxylation is 2. The molecule has 1 aliphatic heterocycles. The van der Waals surface area contributed by atoms with E-state index < -0.39 is 0 Å². The highest BCUT2D eigenvalue weighted by Crippen LogP contribution is 2.30. The van der Waals surface area contributed by atoms with Gasteiger partial charge in [0.1, 0.15) is 11.5 Å². The standard InChI is InChI=1S/C19H17FN2O/c1-12-15-9-8-14(20)11-16(15)21-18(12)19(23)22-10-4-6-13-5-2-3-7-17(13)22/h2-3,5,7-9,11,21H,4,6,10H2,1H3. The van der Waals surface area contributed by atoms with Crippen LogP contribution in [0.25, 0.3) is 10.9 Å². The van der Waals surface area contributed by atoms with E-state index in [9.17, 15) is 9.18 Å². The largest absolute Gasteiger partial charge is 0.350 e. The van der Waals surface area contributed by atoms with Crippen molar-refractivity contribution in [1.82, 2.24) is 4.98 Å². The van der Waals surface area contributed by atoms with E-state index in [1.165, 1.54) is 17.7 Å². The Kier molecular flexibility index (Phi) is 3.18. The molecule has 2 aromatic carbocycles. The number of halogens is 1. The van der Waals surface area contributed by atoms with Crippen molar-refractivity contribution < 1.29 is 9.18 Å². The molecule has 0 spiro atoms. The molecule has 0 radical (unpaired) electrons. The van der Waals surface area contributed by atoms with E-state index in [1.807, 2.05) is 30.0 Å². The van der Waals surface area contributed by atoms with E-state index >= 15 is 0 Å². The zero-order valence-electron chi connectivity index (χ0n) is 12.9. The van der Waals surface area contributed by atoms with Crippen LogP contribution in [-0.2, 0) is 6.42 Å². The first-order valence-electron chi connectivity index (χ1n) is 7.83. The van der Waals surface area contributed by atoms with Gasteiger partial charge in [0.2, 0.25) is 0 Å². The van der Waals surface area contributed by atoms with Gasteiger partial charge in [-0.15, -0.1) is 0 Å². The molecule has 4 heteroatoms. The molecule has 1 aliphatic rings. The van der Waals surface area contributed by atoms with Gasteiger partial charge in [-0.25, -0.2) is 4.39 Å². The molecule has 1 amide bonds. The molecule has 0 bridgehead atoms. The number of amides is 1. The second-order valence-corrected chi connectivity index (χ2v) is 6.00. The number of rotatable bonds is 1. The van der Waals surface area contributed by atoms with Gasteiger partial charge < -0.3 is 9.88 Å². The molecule has 3 aromatic rings. The number of hydrogen-bond donors (Lipinski definition) is 1. The highest BCUT2D eigenvalue weighted by molar-refractivity contribution is 6.09. The minimum atomic E-state index is -0.305. The molecule has 116 valence electrons. The Hall–Kier alpha value is -2.62. The minimum absolute atomic E-state index is 0.0498. The maximum atomic E-state index is 13.4. The molecule has 0 atom stereocenters. The van der Waals surface area contributed by atoms with E-state index in [1.54, 1.807) is 6.07 Å². The van der Waals surface area contributed by atoms with Gasteiger partial charge in [-0.05, 0) is 55.2 Å². The van der Waals surface area contributed by atoms with Crippen molar-refractivity contribution in [2.75, 3.05) is 11.4 Å². The summed E-state index contributed by atoms with van der Waals surface area (Å²) in [4.78, 5) is 18.0. The van der Waals surface area contributed by atoms with Crippen LogP contribution in [0.2, 0.25) is 0 Å². The maximum absolute atomic E-state index is 13.4. The number of carbonyl (C=O) groups is 1. The van der Waals surface area contributed by atoms with E-state index in [4.69, 9.17) is 0 Å². The van der Waals surface area contributed by atoms with Gasteiger partial charge in [0.05, 0.1) is 0 Å². The fourth-order valence-electron chi connectivity index (χ4n) is 3.40. The summed E-state index contributed by atoms with van der Waals surface area (Å²) in [5.41, 5.74) is 4.26. The maximum Gasteiger partial charge on any atom is 0.274 e.